The Bertz CT molecular complexity index is 335. The first-order chi connectivity index (χ1) is 6.52. The van der Waals surface area contributed by atoms with E-state index in [0.717, 1.165) is 5.82 Å². The molecule has 0 spiro atoms. The molecular weight excluding hydrogens is 186 g/mol. The van der Waals surface area contributed by atoms with Gasteiger partial charge in [-0.1, -0.05) is 0 Å². The van der Waals surface area contributed by atoms with Gasteiger partial charge in [0.15, 0.2) is 11.9 Å². The molecule has 0 saturated carbocycles. The second-order valence-corrected chi connectivity index (χ2v) is 3.01. The Morgan fingerprint density at radius 3 is 2.71 bits per heavy atom. The Morgan fingerprint density at radius 1 is 1.64 bits per heavy atom. The van der Waals surface area contributed by atoms with Crippen molar-refractivity contribution in [3.8, 4) is 0 Å². The largest absolute Gasteiger partial charge is 0.479 e. The number of rotatable bonds is 4. The molecule has 1 atom stereocenters. The lowest BCUT2D eigenvalue weighted by atomic mass is 10.4. The first-order valence-electron chi connectivity index (χ1n) is 4.21. The number of aliphatic carboxylic acids is 1. The molecule has 0 amide bonds. The highest BCUT2D eigenvalue weighted by molar-refractivity contribution is 5.71. The fourth-order valence-corrected chi connectivity index (χ4v) is 0.848. The summed E-state index contributed by atoms with van der Waals surface area (Å²) in [5.41, 5.74) is 0. The van der Waals surface area contributed by atoms with Crippen LogP contribution in [-0.2, 0) is 23.2 Å². The van der Waals surface area contributed by atoms with Gasteiger partial charge in [-0.2, -0.15) is 0 Å². The number of carboxylic acid groups (broad SMARTS) is 1. The Hall–Kier alpha value is -1.43. The summed E-state index contributed by atoms with van der Waals surface area (Å²) in [4.78, 5) is 10.4. The van der Waals surface area contributed by atoms with Crippen molar-refractivity contribution in [1.29, 1.82) is 0 Å². The first-order valence-corrected chi connectivity index (χ1v) is 4.21. The number of nitrogens with zero attached hydrogens (tertiary/aromatic N) is 3. The number of ether oxygens (including phenoxy) is 1. The summed E-state index contributed by atoms with van der Waals surface area (Å²) in [6.45, 7) is 3.45. The summed E-state index contributed by atoms with van der Waals surface area (Å²) < 4.78 is 6.82. The number of hydrogen-bond acceptors (Lipinski definition) is 4. The number of carboxylic acids is 1. The van der Waals surface area contributed by atoms with Crippen LogP contribution in [0.3, 0.4) is 0 Å². The van der Waals surface area contributed by atoms with Gasteiger partial charge in [-0.15, -0.1) is 10.2 Å². The van der Waals surface area contributed by atoms with Gasteiger partial charge in [0.25, 0.3) is 0 Å². The van der Waals surface area contributed by atoms with Crippen LogP contribution in [0.25, 0.3) is 0 Å². The molecule has 6 heteroatoms. The van der Waals surface area contributed by atoms with Gasteiger partial charge in [0.1, 0.15) is 12.4 Å². The van der Waals surface area contributed by atoms with E-state index in [1.165, 1.54) is 6.92 Å². The van der Waals surface area contributed by atoms with Crippen LogP contribution in [0.2, 0.25) is 0 Å². The molecule has 0 unspecified atom stereocenters. The molecule has 0 aliphatic carbocycles. The van der Waals surface area contributed by atoms with E-state index in [-0.39, 0.29) is 6.61 Å². The summed E-state index contributed by atoms with van der Waals surface area (Å²) in [5.74, 6) is 0.408. The van der Waals surface area contributed by atoms with Crippen LogP contribution in [0.5, 0.6) is 0 Å². The SMILES string of the molecule is Cc1nnc(CO[C@@H](C)C(=O)O)n1C. The van der Waals surface area contributed by atoms with E-state index in [1.807, 2.05) is 6.92 Å². The van der Waals surface area contributed by atoms with Crippen LogP contribution in [0.1, 0.15) is 18.6 Å². The lowest BCUT2D eigenvalue weighted by Gasteiger charge is -2.07. The van der Waals surface area contributed by atoms with Crippen molar-refractivity contribution in [2.45, 2.75) is 26.6 Å². The van der Waals surface area contributed by atoms with E-state index >= 15 is 0 Å². The van der Waals surface area contributed by atoms with E-state index in [2.05, 4.69) is 10.2 Å². The van der Waals surface area contributed by atoms with Crippen LogP contribution >= 0.6 is 0 Å². The topological polar surface area (TPSA) is 77.2 Å². The number of hydrogen-bond donors (Lipinski definition) is 1. The Balaban J connectivity index is 2.54. The third-order valence-electron chi connectivity index (χ3n) is 1.99. The molecule has 1 aromatic rings. The zero-order chi connectivity index (χ0) is 10.7. The molecule has 14 heavy (non-hydrogen) atoms. The molecule has 0 fully saturated rings. The lowest BCUT2D eigenvalue weighted by Crippen LogP contribution is -2.20. The molecule has 6 nitrogen and oxygen atoms in total. The summed E-state index contributed by atoms with van der Waals surface area (Å²) in [6.07, 6.45) is -0.827. The highest BCUT2D eigenvalue weighted by Crippen LogP contribution is 2.01. The van der Waals surface area contributed by atoms with Crippen molar-refractivity contribution in [3.63, 3.8) is 0 Å². The molecule has 0 aliphatic rings. The van der Waals surface area contributed by atoms with E-state index < -0.39 is 12.1 Å². The highest BCUT2D eigenvalue weighted by atomic mass is 16.5. The van der Waals surface area contributed by atoms with E-state index in [9.17, 15) is 4.79 Å². The molecule has 1 rings (SSSR count). The Morgan fingerprint density at radius 2 is 2.29 bits per heavy atom. The quantitative estimate of drug-likeness (QED) is 0.744. The summed E-state index contributed by atoms with van der Waals surface area (Å²) in [7, 11) is 1.81. The van der Waals surface area contributed by atoms with Crippen molar-refractivity contribution < 1.29 is 14.6 Å². The van der Waals surface area contributed by atoms with E-state index in [1.54, 1.807) is 11.6 Å². The highest BCUT2D eigenvalue weighted by Gasteiger charge is 2.13. The van der Waals surface area contributed by atoms with Crippen molar-refractivity contribution in [2.75, 3.05) is 0 Å². The number of carbonyl (C=O) groups is 1. The molecule has 1 heterocycles. The van der Waals surface area contributed by atoms with Crippen molar-refractivity contribution in [2.24, 2.45) is 7.05 Å². The van der Waals surface area contributed by atoms with E-state index in [4.69, 9.17) is 9.84 Å². The van der Waals surface area contributed by atoms with Gasteiger partial charge in [0.05, 0.1) is 0 Å². The third kappa shape index (κ3) is 2.29. The third-order valence-corrected chi connectivity index (χ3v) is 1.99. The average Bonchev–Trinajstić information content (AvgIpc) is 2.44. The van der Waals surface area contributed by atoms with E-state index in [0.29, 0.717) is 5.82 Å². The fourth-order valence-electron chi connectivity index (χ4n) is 0.848. The second-order valence-electron chi connectivity index (χ2n) is 3.01. The monoisotopic (exact) mass is 199 g/mol. The van der Waals surface area contributed by atoms with Crippen LogP contribution in [-0.4, -0.2) is 31.9 Å². The smallest absolute Gasteiger partial charge is 0.332 e. The standard InChI is InChI=1S/C8H13N3O3/c1-5(8(12)13)14-4-7-10-9-6(2)11(7)3/h5H,4H2,1-3H3,(H,12,13)/t5-/m0/s1. The molecule has 0 bridgehead atoms. The minimum atomic E-state index is -0.983. The van der Waals surface area contributed by atoms with Gasteiger partial charge in [0, 0.05) is 7.05 Å². The second kappa shape index (κ2) is 4.19. The predicted octanol–water partition coefficient (Wildman–Crippen LogP) is 0.113. The fraction of sp³-hybridized carbons (Fsp3) is 0.625. The predicted molar refractivity (Wildman–Crippen MR) is 47.6 cm³/mol. The summed E-state index contributed by atoms with van der Waals surface area (Å²) in [6, 6.07) is 0. The van der Waals surface area contributed by atoms with Crippen molar-refractivity contribution >= 4 is 5.97 Å². The molecule has 0 radical (unpaired) electrons. The van der Waals surface area contributed by atoms with Crippen molar-refractivity contribution in [1.82, 2.24) is 14.8 Å². The number of aryl methyl sites for hydroxylation is 1. The zero-order valence-corrected chi connectivity index (χ0v) is 8.39. The molecule has 78 valence electrons. The van der Waals surface area contributed by atoms with Crippen molar-refractivity contribution in [3.05, 3.63) is 11.6 Å². The molecular formula is C8H13N3O3. The Labute approximate surface area is 81.5 Å². The van der Waals surface area contributed by atoms with Crippen LogP contribution in [0, 0.1) is 6.92 Å². The zero-order valence-electron chi connectivity index (χ0n) is 8.39. The van der Waals surface area contributed by atoms with Crippen LogP contribution in [0.15, 0.2) is 0 Å². The maximum Gasteiger partial charge on any atom is 0.332 e. The molecule has 0 aliphatic heterocycles. The number of aromatic nitrogens is 3. The average molecular weight is 199 g/mol. The normalized spacial score (nSPS) is 12.8. The molecule has 1 N–H and O–H groups in total. The molecule has 0 saturated heterocycles. The Kier molecular flexibility index (Phi) is 3.19. The van der Waals surface area contributed by atoms with Crippen LogP contribution < -0.4 is 0 Å². The maximum atomic E-state index is 10.4. The van der Waals surface area contributed by atoms with Gasteiger partial charge in [-0.25, -0.2) is 4.79 Å². The van der Waals surface area contributed by atoms with Gasteiger partial charge >= 0.3 is 5.97 Å². The minimum absolute atomic E-state index is 0.158. The van der Waals surface area contributed by atoms with Gasteiger partial charge in [-0.05, 0) is 13.8 Å². The van der Waals surface area contributed by atoms with Gasteiger partial charge in [0.2, 0.25) is 0 Å². The summed E-state index contributed by atoms with van der Waals surface area (Å²) >= 11 is 0. The molecule has 1 aromatic heterocycles. The summed E-state index contributed by atoms with van der Waals surface area (Å²) in [5, 5.41) is 16.2. The molecule has 0 aromatic carbocycles. The van der Waals surface area contributed by atoms with Gasteiger partial charge < -0.3 is 14.4 Å². The minimum Gasteiger partial charge on any atom is -0.479 e. The maximum absolute atomic E-state index is 10.4. The van der Waals surface area contributed by atoms with Gasteiger partial charge in [-0.3, -0.25) is 0 Å². The first kappa shape index (κ1) is 10.6. The van der Waals surface area contributed by atoms with Crippen LogP contribution in [0.4, 0.5) is 0 Å². The lowest BCUT2D eigenvalue weighted by molar-refractivity contribution is -0.150.